The van der Waals surface area contributed by atoms with Gasteiger partial charge in [0.25, 0.3) is 0 Å². The first-order valence-electron chi connectivity index (χ1n) is 5.06. The molecular formula is C12H15ClO2. The van der Waals surface area contributed by atoms with Crippen molar-refractivity contribution in [3.05, 3.63) is 27.8 Å². The molecule has 0 heterocycles. The lowest BCUT2D eigenvalue weighted by Gasteiger charge is -2.17. The molecule has 0 spiro atoms. The van der Waals surface area contributed by atoms with Gasteiger partial charge >= 0.3 is 0 Å². The Bertz CT molecular complexity index is 409. The molecule has 82 valence electrons. The minimum atomic E-state index is -0.634. The zero-order chi connectivity index (χ0) is 11.2. The van der Waals surface area contributed by atoms with Crippen LogP contribution in [0.1, 0.15) is 29.5 Å². The first-order valence-corrected chi connectivity index (χ1v) is 5.44. The Labute approximate surface area is 94.8 Å². The third-order valence-electron chi connectivity index (χ3n) is 3.08. The van der Waals surface area contributed by atoms with Crippen molar-refractivity contribution in [1.82, 2.24) is 0 Å². The molecule has 2 nitrogen and oxygen atoms in total. The van der Waals surface area contributed by atoms with Crippen LogP contribution in [0.15, 0.2) is 6.07 Å². The predicted molar refractivity (Wildman–Crippen MR) is 60.6 cm³/mol. The predicted octanol–water partition coefficient (Wildman–Crippen LogP) is 2.95. The van der Waals surface area contributed by atoms with Gasteiger partial charge < -0.3 is 9.84 Å². The van der Waals surface area contributed by atoms with Crippen molar-refractivity contribution < 1.29 is 9.84 Å². The van der Waals surface area contributed by atoms with Gasteiger partial charge in [-0.15, -0.1) is 0 Å². The van der Waals surface area contributed by atoms with Gasteiger partial charge in [0, 0.05) is 0 Å². The second kappa shape index (κ2) is 3.39. The molecule has 1 aliphatic carbocycles. The van der Waals surface area contributed by atoms with E-state index in [0.29, 0.717) is 10.8 Å². The third kappa shape index (κ3) is 1.62. The standard InChI is InChI=1S/C12H15ClO2/c1-7-6-9(12(14)4-5-12)8(2)10(13)11(7)15-3/h6,14H,4-5H2,1-3H3. The molecule has 1 aliphatic rings. The lowest BCUT2D eigenvalue weighted by Crippen LogP contribution is -2.08. The smallest absolute Gasteiger partial charge is 0.140 e. The Morgan fingerprint density at radius 3 is 2.47 bits per heavy atom. The van der Waals surface area contributed by atoms with E-state index in [4.69, 9.17) is 16.3 Å². The van der Waals surface area contributed by atoms with Crippen molar-refractivity contribution in [1.29, 1.82) is 0 Å². The second-order valence-electron chi connectivity index (χ2n) is 4.24. The van der Waals surface area contributed by atoms with Gasteiger partial charge in [0.15, 0.2) is 0 Å². The second-order valence-corrected chi connectivity index (χ2v) is 4.62. The summed E-state index contributed by atoms with van der Waals surface area (Å²) >= 11 is 6.20. The zero-order valence-corrected chi connectivity index (χ0v) is 9.98. The monoisotopic (exact) mass is 226 g/mol. The van der Waals surface area contributed by atoms with E-state index in [2.05, 4.69) is 0 Å². The molecule has 1 aromatic rings. The molecule has 2 rings (SSSR count). The van der Waals surface area contributed by atoms with Crippen LogP contribution in [0, 0.1) is 13.8 Å². The summed E-state index contributed by atoms with van der Waals surface area (Å²) in [6.45, 7) is 3.87. The average Bonchev–Trinajstić information content (AvgIpc) is 2.92. The number of hydrogen-bond acceptors (Lipinski definition) is 2. The van der Waals surface area contributed by atoms with E-state index < -0.39 is 5.60 Å². The topological polar surface area (TPSA) is 29.5 Å². The minimum Gasteiger partial charge on any atom is -0.495 e. The lowest BCUT2D eigenvalue weighted by molar-refractivity contribution is 0.150. The van der Waals surface area contributed by atoms with E-state index in [0.717, 1.165) is 29.5 Å². The number of benzene rings is 1. The Balaban J connectivity index is 2.59. The molecular weight excluding hydrogens is 212 g/mol. The Kier molecular flexibility index (Phi) is 2.44. The molecule has 0 aliphatic heterocycles. The van der Waals surface area contributed by atoms with Crippen LogP contribution in [0.25, 0.3) is 0 Å². The molecule has 0 radical (unpaired) electrons. The average molecular weight is 227 g/mol. The first-order chi connectivity index (χ1) is 6.99. The third-order valence-corrected chi connectivity index (χ3v) is 3.54. The molecule has 0 amide bonds. The summed E-state index contributed by atoms with van der Waals surface area (Å²) in [6, 6.07) is 1.98. The number of rotatable bonds is 2. The minimum absolute atomic E-state index is 0.618. The van der Waals surface area contributed by atoms with Gasteiger partial charge in [0.2, 0.25) is 0 Å². The van der Waals surface area contributed by atoms with Gasteiger partial charge in [0.1, 0.15) is 5.75 Å². The molecule has 1 N–H and O–H groups in total. The van der Waals surface area contributed by atoms with Gasteiger partial charge in [0.05, 0.1) is 17.7 Å². The van der Waals surface area contributed by atoms with Crippen molar-refractivity contribution in [3.63, 3.8) is 0 Å². The van der Waals surface area contributed by atoms with Gasteiger partial charge in [-0.2, -0.15) is 0 Å². The Morgan fingerprint density at radius 2 is 2.00 bits per heavy atom. The fourth-order valence-electron chi connectivity index (χ4n) is 1.97. The van der Waals surface area contributed by atoms with Crippen LogP contribution in [0.5, 0.6) is 5.75 Å². The Morgan fingerprint density at radius 1 is 1.40 bits per heavy atom. The van der Waals surface area contributed by atoms with Crippen LogP contribution in [0.3, 0.4) is 0 Å². The molecule has 0 bridgehead atoms. The van der Waals surface area contributed by atoms with Gasteiger partial charge in [-0.25, -0.2) is 0 Å². The van der Waals surface area contributed by atoms with E-state index in [-0.39, 0.29) is 0 Å². The lowest BCUT2D eigenvalue weighted by atomic mass is 9.98. The fourth-order valence-corrected chi connectivity index (χ4v) is 2.30. The largest absolute Gasteiger partial charge is 0.495 e. The van der Waals surface area contributed by atoms with Crippen LogP contribution in [-0.2, 0) is 5.60 Å². The van der Waals surface area contributed by atoms with E-state index >= 15 is 0 Å². The van der Waals surface area contributed by atoms with Crippen LogP contribution in [0.4, 0.5) is 0 Å². The quantitative estimate of drug-likeness (QED) is 0.840. The molecule has 1 fully saturated rings. The summed E-state index contributed by atoms with van der Waals surface area (Å²) in [7, 11) is 1.61. The normalized spacial score (nSPS) is 17.7. The van der Waals surface area contributed by atoms with Crippen LogP contribution in [0.2, 0.25) is 5.02 Å². The van der Waals surface area contributed by atoms with E-state index in [1.807, 2.05) is 19.9 Å². The number of aliphatic hydroxyl groups is 1. The van der Waals surface area contributed by atoms with Crippen molar-refractivity contribution in [2.24, 2.45) is 0 Å². The molecule has 3 heteroatoms. The number of halogens is 1. The highest BCUT2D eigenvalue weighted by Gasteiger charge is 2.43. The van der Waals surface area contributed by atoms with E-state index in [1.165, 1.54) is 0 Å². The highest BCUT2D eigenvalue weighted by atomic mass is 35.5. The molecule has 0 aromatic heterocycles. The molecule has 1 aromatic carbocycles. The van der Waals surface area contributed by atoms with E-state index in [9.17, 15) is 5.11 Å². The summed E-state index contributed by atoms with van der Waals surface area (Å²) in [5.74, 6) is 0.710. The zero-order valence-electron chi connectivity index (χ0n) is 9.22. The van der Waals surface area contributed by atoms with Gasteiger partial charge in [-0.3, -0.25) is 0 Å². The van der Waals surface area contributed by atoms with Gasteiger partial charge in [-0.1, -0.05) is 11.6 Å². The molecule has 0 atom stereocenters. The highest BCUT2D eigenvalue weighted by Crippen LogP contribution is 2.49. The summed E-state index contributed by atoms with van der Waals surface area (Å²) in [4.78, 5) is 0. The molecule has 0 unspecified atom stereocenters. The van der Waals surface area contributed by atoms with Crippen molar-refractivity contribution >= 4 is 11.6 Å². The number of methoxy groups -OCH3 is 1. The van der Waals surface area contributed by atoms with Gasteiger partial charge in [-0.05, 0) is 49.4 Å². The SMILES string of the molecule is COc1c(C)cc(C2(O)CC2)c(C)c1Cl. The first kappa shape index (κ1) is 10.8. The number of aryl methyl sites for hydroxylation is 1. The number of hydrogen-bond donors (Lipinski definition) is 1. The van der Waals surface area contributed by atoms with Crippen molar-refractivity contribution in [2.75, 3.05) is 7.11 Å². The maximum absolute atomic E-state index is 10.1. The Hall–Kier alpha value is -0.730. The molecule has 15 heavy (non-hydrogen) atoms. The fraction of sp³-hybridized carbons (Fsp3) is 0.500. The maximum Gasteiger partial charge on any atom is 0.140 e. The summed E-state index contributed by atoms with van der Waals surface area (Å²) in [5.41, 5.74) is 2.22. The number of ether oxygens (including phenoxy) is 1. The van der Waals surface area contributed by atoms with E-state index in [1.54, 1.807) is 7.11 Å². The summed E-state index contributed by atoms with van der Waals surface area (Å²) in [5, 5.41) is 10.7. The van der Waals surface area contributed by atoms with Crippen LogP contribution < -0.4 is 4.74 Å². The maximum atomic E-state index is 10.1. The van der Waals surface area contributed by atoms with Crippen LogP contribution in [-0.4, -0.2) is 12.2 Å². The molecule has 1 saturated carbocycles. The van der Waals surface area contributed by atoms with Crippen LogP contribution >= 0.6 is 11.6 Å². The highest BCUT2D eigenvalue weighted by molar-refractivity contribution is 6.33. The summed E-state index contributed by atoms with van der Waals surface area (Å²) in [6.07, 6.45) is 1.66. The van der Waals surface area contributed by atoms with Crippen molar-refractivity contribution in [3.8, 4) is 5.75 Å². The van der Waals surface area contributed by atoms with Crippen molar-refractivity contribution in [2.45, 2.75) is 32.3 Å². The molecule has 0 saturated heterocycles. The summed E-state index contributed by atoms with van der Waals surface area (Å²) < 4.78 is 5.23.